The minimum absolute atomic E-state index is 0.518. The minimum Gasteiger partial charge on any atom is -0.340 e. The largest absolute Gasteiger partial charge is 0.340 e. The van der Waals surface area contributed by atoms with Crippen molar-refractivity contribution in [3.05, 3.63) is 143 Å². The normalized spacial score (nSPS) is 15.4. The number of aromatic nitrogens is 2. The van der Waals surface area contributed by atoms with Crippen LogP contribution in [-0.2, 0) is 25.9 Å². The molecule has 1 atom stereocenters. The molecule has 2 nitrogen and oxygen atoms in total. The third-order valence-electron chi connectivity index (χ3n) is 8.00. The molecule has 2 aromatic heterocycles. The fourth-order valence-electron chi connectivity index (χ4n) is 6.31. The van der Waals surface area contributed by atoms with E-state index in [0.29, 0.717) is 5.92 Å². The molecule has 0 N–H and O–H groups in total. The van der Waals surface area contributed by atoms with Gasteiger partial charge in [-0.2, -0.15) is 0 Å². The molecule has 0 fully saturated rings. The lowest BCUT2D eigenvalue weighted by Crippen LogP contribution is -2.18. The highest BCUT2D eigenvalue weighted by atomic mass is 15.0. The van der Waals surface area contributed by atoms with Crippen molar-refractivity contribution in [3.8, 4) is 0 Å². The van der Waals surface area contributed by atoms with Crippen LogP contribution in [0.3, 0.4) is 0 Å². The van der Waals surface area contributed by atoms with Crippen LogP contribution in [-0.4, -0.2) is 9.13 Å². The third-order valence-corrected chi connectivity index (χ3v) is 8.00. The van der Waals surface area contributed by atoms with Gasteiger partial charge in [-0.1, -0.05) is 97.1 Å². The topological polar surface area (TPSA) is 9.86 Å². The van der Waals surface area contributed by atoms with Crippen LogP contribution in [0.5, 0.6) is 0 Å². The van der Waals surface area contributed by atoms with E-state index in [0.717, 1.165) is 25.9 Å². The standard InChI is InChI=1S/C34H30N2/c1-3-11-25(12-4-1)23-35-31-17-9-7-15-27(31)22-34(35)28-19-20-33-30(21-28)29-16-8-10-18-32(29)36(33)24-26-13-5-2-6-14-26/h1-18,22,28H,19-21,23-24H2. The van der Waals surface area contributed by atoms with E-state index in [1.807, 2.05) is 0 Å². The Kier molecular flexibility index (Phi) is 5.24. The lowest BCUT2D eigenvalue weighted by Gasteiger charge is -2.26. The quantitative estimate of drug-likeness (QED) is 0.244. The first-order valence-corrected chi connectivity index (χ1v) is 13.1. The van der Waals surface area contributed by atoms with Crippen LogP contribution < -0.4 is 0 Å². The zero-order valence-corrected chi connectivity index (χ0v) is 20.5. The summed E-state index contributed by atoms with van der Waals surface area (Å²) < 4.78 is 5.15. The summed E-state index contributed by atoms with van der Waals surface area (Å²) in [6.07, 6.45) is 3.40. The Morgan fingerprint density at radius 3 is 1.97 bits per heavy atom. The summed E-state index contributed by atoms with van der Waals surface area (Å²) in [4.78, 5) is 0. The van der Waals surface area contributed by atoms with Gasteiger partial charge >= 0.3 is 0 Å². The number of benzene rings is 4. The van der Waals surface area contributed by atoms with Gasteiger partial charge in [0.15, 0.2) is 0 Å². The molecule has 2 heterocycles. The first-order chi connectivity index (χ1) is 17.8. The van der Waals surface area contributed by atoms with E-state index >= 15 is 0 Å². The predicted octanol–water partition coefficient (Wildman–Crippen LogP) is 7.97. The first kappa shape index (κ1) is 21.3. The molecule has 2 heteroatoms. The second kappa shape index (κ2) is 8.87. The Hall–Kier alpha value is -4.04. The van der Waals surface area contributed by atoms with Gasteiger partial charge in [-0.25, -0.2) is 0 Å². The summed E-state index contributed by atoms with van der Waals surface area (Å²) >= 11 is 0. The number of rotatable bonds is 5. The molecule has 0 radical (unpaired) electrons. The van der Waals surface area contributed by atoms with Gasteiger partial charge in [0.2, 0.25) is 0 Å². The van der Waals surface area contributed by atoms with Gasteiger partial charge in [0.25, 0.3) is 0 Å². The Balaban J connectivity index is 1.31. The molecular formula is C34H30N2. The highest BCUT2D eigenvalue weighted by molar-refractivity contribution is 5.86. The molecule has 0 aliphatic heterocycles. The van der Waals surface area contributed by atoms with Crippen molar-refractivity contribution in [1.29, 1.82) is 0 Å². The molecule has 4 aromatic carbocycles. The SMILES string of the molecule is c1ccc(Cn2c(C3CCc4c(c5ccccc5n4Cc4ccccc4)C3)cc3ccccc32)cc1. The molecule has 0 spiro atoms. The maximum absolute atomic E-state index is 2.58. The second-order valence-corrected chi connectivity index (χ2v) is 10.2. The van der Waals surface area contributed by atoms with Crippen LogP contribution >= 0.6 is 0 Å². The molecular weight excluding hydrogens is 436 g/mol. The van der Waals surface area contributed by atoms with Crippen LogP contribution in [0.1, 0.15) is 40.4 Å². The van der Waals surface area contributed by atoms with Crippen LogP contribution in [0.4, 0.5) is 0 Å². The van der Waals surface area contributed by atoms with Gasteiger partial charge in [0.05, 0.1) is 0 Å². The van der Waals surface area contributed by atoms with Crippen LogP contribution in [0, 0.1) is 0 Å². The summed E-state index contributed by atoms with van der Waals surface area (Å²) in [6.45, 7) is 1.86. The highest BCUT2D eigenvalue weighted by Crippen LogP contribution is 2.40. The molecule has 176 valence electrons. The molecule has 0 saturated heterocycles. The van der Waals surface area contributed by atoms with Crippen LogP contribution in [0.15, 0.2) is 115 Å². The molecule has 1 unspecified atom stereocenters. The average molecular weight is 467 g/mol. The first-order valence-electron chi connectivity index (χ1n) is 13.1. The predicted molar refractivity (Wildman–Crippen MR) is 150 cm³/mol. The van der Waals surface area contributed by atoms with E-state index in [1.165, 1.54) is 50.7 Å². The van der Waals surface area contributed by atoms with E-state index in [1.54, 1.807) is 5.56 Å². The smallest absolute Gasteiger partial charge is 0.0488 e. The number of hydrogen-bond donors (Lipinski definition) is 0. The lowest BCUT2D eigenvalue weighted by atomic mass is 9.84. The number of nitrogens with zero attached hydrogens (tertiary/aromatic N) is 2. The van der Waals surface area contributed by atoms with Gasteiger partial charge in [-0.05, 0) is 59.5 Å². The fourth-order valence-corrected chi connectivity index (χ4v) is 6.31. The van der Waals surface area contributed by atoms with E-state index in [9.17, 15) is 0 Å². The second-order valence-electron chi connectivity index (χ2n) is 10.2. The van der Waals surface area contributed by atoms with E-state index in [4.69, 9.17) is 0 Å². The Morgan fingerprint density at radius 2 is 1.22 bits per heavy atom. The average Bonchev–Trinajstić information content (AvgIpc) is 3.46. The summed E-state index contributed by atoms with van der Waals surface area (Å²) in [7, 11) is 0. The molecule has 1 aliphatic carbocycles. The Bertz CT molecular complexity index is 1650. The zero-order chi connectivity index (χ0) is 23.9. The van der Waals surface area contributed by atoms with Crippen molar-refractivity contribution < 1.29 is 0 Å². The summed E-state index contributed by atoms with van der Waals surface area (Å²) in [5, 5.41) is 2.78. The number of hydrogen-bond acceptors (Lipinski definition) is 0. The zero-order valence-electron chi connectivity index (χ0n) is 20.5. The van der Waals surface area contributed by atoms with E-state index in [2.05, 4.69) is 124 Å². The molecule has 6 aromatic rings. The maximum atomic E-state index is 2.58. The van der Waals surface area contributed by atoms with Crippen LogP contribution in [0.2, 0.25) is 0 Å². The minimum atomic E-state index is 0.518. The van der Waals surface area contributed by atoms with Crippen molar-refractivity contribution in [2.45, 2.75) is 38.3 Å². The van der Waals surface area contributed by atoms with E-state index in [-0.39, 0.29) is 0 Å². The molecule has 36 heavy (non-hydrogen) atoms. The molecule has 0 saturated carbocycles. The lowest BCUT2D eigenvalue weighted by molar-refractivity contribution is 0.533. The van der Waals surface area contributed by atoms with Crippen molar-refractivity contribution in [2.75, 3.05) is 0 Å². The number of fused-ring (bicyclic) bond motifs is 4. The summed E-state index contributed by atoms with van der Waals surface area (Å²) in [6, 6.07) is 42.1. The molecule has 7 rings (SSSR count). The Morgan fingerprint density at radius 1 is 0.611 bits per heavy atom. The van der Waals surface area contributed by atoms with Crippen LogP contribution in [0.25, 0.3) is 21.8 Å². The molecule has 0 bridgehead atoms. The van der Waals surface area contributed by atoms with E-state index < -0.39 is 0 Å². The fraction of sp³-hybridized carbons (Fsp3) is 0.176. The maximum Gasteiger partial charge on any atom is 0.0488 e. The van der Waals surface area contributed by atoms with Gasteiger partial charge < -0.3 is 9.13 Å². The van der Waals surface area contributed by atoms with Gasteiger partial charge in [-0.3, -0.25) is 0 Å². The van der Waals surface area contributed by atoms with Gasteiger partial charge in [-0.15, -0.1) is 0 Å². The molecule has 0 amide bonds. The summed E-state index contributed by atoms with van der Waals surface area (Å²) in [5.41, 5.74) is 10.00. The summed E-state index contributed by atoms with van der Waals surface area (Å²) in [5.74, 6) is 0.518. The van der Waals surface area contributed by atoms with Gasteiger partial charge in [0.1, 0.15) is 0 Å². The van der Waals surface area contributed by atoms with Gasteiger partial charge in [0, 0.05) is 46.8 Å². The monoisotopic (exact) mass is 466 g/mol. The van der Waals surface area contributed by atoms with Crippen molar-refractivity contribution in [3.63, 3.8) is 0 Å². The highest BCUT2D eigenvalue weighted by Gasteiger charge is 2.28. The Labute approximate surface area is 212 Å². The number of para-hydroxylation sites is 2. The van der Waals surface area contributed by atoms with Crippen molar-refractivity contribution >= 4 is 21.8 Å². The molecule has 1 aliphatic rings. The van der Waals surface area contributed by atoms with Crippen molar-refractivity contribution in [1.82, 2.24) is 9.13 Å². The van der Waals surface area contributed by atoms with Crippen molar-refractivity contribution in [2.24, 2.45) is 0 Å². The third kappa shape index (κ3) is 3.65.